The summed E-state index contributed by atoms with van der Waals surface area (Å²) in [7, 11) is 0. The maximum atomic E-state index is 12.7. The lowest BCUT2D eigenvalue weighted by Crippen LogP contribution is -2.32. The second-order valence-electron chi connectivity index (χ2n) is 7.48. The zero-order valence-corrected chi connectivity index (χ0v) is 19.6. The summed E-state index contributed by atoms with van der Waals surface area (Å²) < 4.78 is 11.5. The van der Waals surface area contributed by atoms with E-state index in [2.05, 4.69) is 0 Å². The van der Waals surface area contributed by atoms with Gasteiger partial charge < -0.3 is 9.47 Å². The lowest BCUT2D eigenvalue weighted by Gasteiger charge is -2.13. The first kappa shape index (κ1) is 23.0. The number of carbonyl (C=O) groups is 2. The highest BCUT2D eigenvalue weighted by atomic mass is 35.5. The van der Waals surface area contributed by atoms with Crippen molar-refractivity contribution in [3.8, 4) is 11.5 Å². The molecule has 1 fully saturated rings. The smallest absolute Gasteiger partial charge is 0.293 e. The second-order valence-corrected chi connectivity index (χ2v) is 8.91. The summed E-state index contributed by atoms with van der Waals surface area (Å²) in [4.78, 5) is 26.7. The Hall–Kier alpha value is -3.22. The Morgan fingerprint density at radius 2 is 1.70 bits per heavy atom. The average molecular weight is 480 g/mol. The van der Waals surface area contributed by atoms with Gasteiger partial charge in [0.25, 0.3) is 11.1 Å². The summed E-state index contributed by atoms with van der Waals surface area (Å²) in [5, 5.41) is 0.380. The maximum Gasteiger partial charge on any atom is 0.293 e. The van der Waals surface area contributed by atoms with Crippen LogP contribution in [0, 0.1) is 6.92 Å². The fourth-order valence-electron chi connectivity index (χ4n) is 3.17. The van der Waals surface area contributed by atoms with E-state index in [1.807, 2.05) is 79.7 Å². The molecule has 0 aromatic heterocycles. The van der Waals surface area contributed by atoms with Crippen LogP contribution in [-0.2, 0) is 11.4 Å². The van der Waals surface area contributed by atoms with Gasteiger partial charge >= 0.3 is 0 Å². The molecular formula is C26H22ClNO4S. The van der Waals surface area contributed by atoms with Crippen LogP contribution in [0.25, 0.3) is 6.08 Å². The number of aryl methyl sites for hydroxylation is 1. The molecule has 1 saturated heterocycles. The molecule has 33 heavy (non-hydrogen) atoms. The predicted molar refractivity (Wildman–Crippen MR) is 132 cm³/mol. The van der Waals surface area contributed by atoms with Gasteiger partial charge in [-0.15, -0.1) is 0 Å². The molecule has 3 aromatic carbocycles. The third-order valence-corrected chi connectivity index (χ3v) is 6.11. The first-order chi connectivity index (χ1) is 16.0. The summed E-state index contributed by atoms with van der Waals surface area (Å²) in [5.41, 5.74) is 2.92. The molecule has 0 aliphatic carbocycles. The molecule has 0 bridgehead atoms. The first-order valence-corrected chi connectivity index (χ1v) is 11.6. The van der Waals surface area contributed by atoms with Gasteiger partial charge in [0.15, 0.2) is 0 Å². The van der Waals surface area contributed by atoms with Crippen LogP contribution >= 0.6 is 23.4 Å². The van der Waals surface area contributed by atoms with Gasteiger partial charge in [0.05, 0.1) is 11.4 Å². The third-order valence-electron chi connectivity index (χ3n) is 4.95. The number of hydrogen-bond donors (Lipinski definition) is 0. The molecule has 0 atom stereocenters. The number of ether oxygens (including phenoxy) is 2. The highest BCUT2D eigenvalue weighted by Crippen LogP contribution is 2.32. The monoisotopic (exact) mass is 479 g/mol. The Balaban J connectivity index is 1.35. The Bertz CT molecular complexity index is 1180. The number of nitrogens with zero attached hydrogens (tertiary/aromatic N) is 1. The van der Waals surface area contributed by atoms with Crippen molar-refractivity contribution in [1.29, 1.82) is 0 Å². The standard InChI is InChI=1S/C26H22ClNO4S/c1-18-5-11-22(12-6-18)31-14-13-28-25(29)24(33-26(28)30)16-20-3-2-4-23(15-20)32-17-19-7-9-21(27)10-8-19/h2-12,15-16H,13-14,17H2,1H3/b24-16-. The van der Waals surface area contributed by atoms with Gasteiger partial charge in [0, 0.05) is 5.02 Å². The van der Waals surface area contributed by atoms with Gasteiger partial charge in [-0.2, -0.15) is 0 Å². The summed E-state index contributed by atoms with van der Waals surface area (Å²) in [5.74, 6) is 1.06. The van der Waals surface area contributed by atoms with Gasteiger partial charge in [-0.25, -0.2) is 0 Å². The molecule has 7 heteroatoms. The van der Waals surface area contributed by atoms with Crippen molar-refractivity contribution in [3.63, 3.8) is 0 Å². The second kappa shape index (κ2) is 10.6. The largest absolute Gasteiger partial charge is 0.492 e. The molecular weight excluding hydrogens is 458 g/mol. The SMILES string of the molecule is Cc1ccc(OCCN2C(=O)S/C(=C\c3cccc(OCc4ccc(Cl)cc4)c3)C2=O)cc1. The van der Waals surface area contributed by atoms with Crippen molar-refractivity contribution < 1.29 is 19.1 Å². The van der Waals surface area contributed by atoms with Crippen LogP contribution in [0.2, 0.25) is 5.02 Å². The fourth-order valence-corrected chi connectivity index (χ4v) is 4.17. The van der Waals surface area contributed by atoms with E-state index in [9.17, 15) is 9.59 Å². The topological polar surface area (TPSA) is 55.8 Å². The number of imide groups is 1. The van der Waals surface area contributed by atoms with Crippen molar-refractivity contribution in [1.82, 2.24) is 4.90 Å². The number of amides is 2. The number of carbonyl (C=O) groups excluding carboxylic acids is 2. The minimum Gasteiger partial charge on any atom is -0.492 e. The molecule has 0 unspecified atom stereocenters. The molecule has 1 aliphatic rings. The number of halogens is 1. The Morgan fingerprint density at radius 3 is 2.45 bits per heavy atom. The summed E-state index contributed by atoms with van der Waals surface area (Å²) in [6, 6.07) is 22.5. The van der Waals surface area contributed by atoms with Crippen LogP contribution < -0.4 is 9.47 Å². The Labute approximate surface area is 202 Å². The number of hydrogen-bond acceptors (Lipinski definition) is 5. The van der Waals surface area contributed by atoms with Gasteiger partial charge in [-0.05, 0) is 72.3 Å². The molecule has 0 radical (unpaired) electrons. The van der Waals surface area contributed by atoms with E-state index < -0.39 is 0 Å². The number of benzene rings is 3. The summed E-state index contributed by atoms with van der Waals surface area (Å²) in [6.45, 7) is 2.83. The highest BCUT2D eigenvalue weighted by Gasteiger charge is 2.34. The third kappa shape index (κ3) is 6.18. The minimum absolute atomic E-state index is 0.195. The van der Waals surface area contributed by atoms with E-state index in [1.54, 1.807) is 6.08 Å². The molecule has 5 nitrogen and oxygen atoms in total. The van der Waals surface area contributed by atoms with E-state index in [4.69, 9.17) is 21.1 Å². The summed E-state index contributed by atoms with van der Waals surface area (Å²) in [6.07, 6.45) is 1.71. The normalized spacial score (nSPS) is 14.7. The van der Waals surface area contributed by atoms with Crippen LogP contribution in [0.4, 0.5) is 4.79 Å². The lowest BCUT2D eigenvalue weighted by molar-refractivity contribution is -0.123. The maximum absolute atomic E-state index is 12.7. The average Bonchev–Trinajstić information content (AvgIpc) is 3.07. The molecule has 0 saturated carbocycles. The van der Waals surface area contributed by atoms with Crippen molar-refractivity contribution >= 4 is 40.6 Å². The van der Waals surface area contributed by atoms with Crippen molar-refractivity contribution in [3.05, 3.63) is 99.4 Å². The molecule has 3 aromatic rings. The fraction of sp³-hybridized carbons (Fsp3) is 0.154. The van der Waals surface area contributed by atoms with E-state index in [1.165, 1.54) is 4.90 Å². The van der Waals surface area contributed by atoms with Gasteiger partial charge in [-0.3, -0.25) is 14.5 Å². The van der Waals surface area contributed by atoms with Crippen LogP contribution in [0.15, 0.2) is 77.7 Å². The highest BCUT2D eigenvalue weighted by molar-refractivity contribution is 8.18. The van der Waals surface area contributed by atoms with Crippen molar-refractivity contribution in [2.24, 2.45) is 0 Å². The van der Waals surface area contributed by atoms with E-state index in [0.29, 0.717) is 28.0 Å². The Kier molecular flexibility index (Phi) is 7.37. The van der Waals surface area contributed by atoms with Crippen molar-refractivity contribution in [2.75, 3.05) is 13.2 Å². The molecule has 1 heterocycles. The van der Waals surface area contributed by atoms with Crippen LogP contribution in [0.1, 0.15) is 16.7 Å². The van der Waals surface area contributed by atoms with E-state index in [-0.39, 0.29) is 24.3 Å². The van der Waals surface area contributed by atoms with Gasteiger partial charge in [0.1, 0.15) is 24.7 Å². The zero-order valence-electron chi connectivity index (χ0n) is 18.0. The predicted octanol–water partition coefficient (Wildman–Crippen LogP) is 6.34. The first-order valence-electron chi connectivity index (χ1n) is 10.4. The van der Waals surface area contributed by atoms with Crippen LogP contribution in [0.5, 0.6) is 11.5 Å². The molecule has 0 N–H and O–H groups in total. The lowest BCUT2D eigenvalue weighted by atomic mass is 10.2. The minimum atomic E-state index is -0.315. The van der Waals surface area contributed by atoms with E-state index >= 15 is 0 Å². The number of rotatable bonds is 8. The number of thioether (sulfide) groups is 1. The van der Waals surface area contributed by atoms with Crippen molar-refractivity contribution in [2.45, 2.75) is 13.5 Å². The molecule has 0 spiro atoms. The Morgan fingerprint density at radius 1 is 0.939 bits per heavy atom. The van der Waals surface area contributed by atoms with Crippen LogP contribution in [0.3, 0.4) is 0 Å². The molecule has 4 rings (SSSR count). The van der Waals surface area contributed by atoms with Gasteiger partial charge in [0.2, 0.25) is 0 Å². The van der Waals surface area contributed by atoms with Gasteiger partial charge in [-0.1, -0.05) is 53.6 Å². The molecule has 168 valence electrons. The summed E-state index contributed by atoms with van der Waals surface area (Å²) >= 11 is 6.84. The zero-order chi connectivity index (χ0) is 23.2. The molecule has 2 amide bonds. The quantitative estimate of drug-likeness (QED) is 0.353. The van der Waals surface area contributed by atoms with E-state index in [0.717, 1.165) is 28.5 Å². The van der Waals surface area contributed by atoms with Crippen LogP contribution in [-0.4, -0.2) is 29.2 Å². The molecule has 1 aliphatic heterocycles.